The fraction of sp³-hybridized carbons (Fsp3) is 0.276. The van der Waals surface area contributed by atoms with Crippen LogP contribution >= 0.6 is 0 Å². The molecular weight excluding hydrogens is 441 g/mol. The minimum absolute atomic E-state index is 0.531. The van der Waals surface area contributed by atoms with Gasteiger partial charge in [-0.1, -0.05) is 63.1 Å². The summed E-state index contributed by atoms with van der Waals surface area (Å²) in [5.74, 6) is -0.853. The zero-order chi connectivity index (χ0) is 25.0. The lowest BCUT2D eigenvalue weighted by Gasteiger charge is -2.24. The maximum atomic E-state index is 13.8. The number of nitro groups is 1. The summed E-state index contributed by atoms with van der Waals surface area (Å²) < 4.78 is 13.8. The molecule has 0 aliphatic carbocycles. The van der Waals surface area contributed by atoms with Crippen LogP contribution in [0.1, 0.15) is 61.9 Å². The summed E-state index contributed by atoms with van der Waals surface area (Å²) in [5.41, 5.74) is 4.09. The van der Waals surface area contributed by atoms with Crippen molar-refractivity contribution in [3.05, 3.63) is 99.1 Å². The lowest BCUT2D eigenvalue weighted by molar-refractivity contribution is -0.387. The van der Waals surface area contributed by atoms with E-state index in [2.05, 4.69) is 54.1 Å². The summed E-state index contributed by atoms with van der Waals surface area (Å²) >= 11 is 0. The van der Waals surface area contributed by atoms with Crippen LogP contribution in [-0.2, 0) is 0 Å². The number of pyridine rings is 1. The Labute approximate surface area is 206 Å². The van der Waals surface area contributed by atoms with Crippen molar-refractivity contribution in [1.82, 2.24) is 4.98 Å². The van der Waals surface area contributed by atoms with Gasteiger partial charge in [-0.3, -0.25) is 15.1 Å². The van der Waals surface area contributed by atoms with E-state index in [0.717, 1.165) is 36.3 Å². The Bertz CT molecular complexity index is 1150. The van der Waals surface area contributed by atoms with Crippen LogP contribution < -0.4 is 4.90 Å². The van der Waals surface area contributed by atoms with Crippen molar-refractivity contribution >= 4 is 35.7 Å². The second-order valence-electron chi connectivity index (χ2n) is 8.44. The van der Waals surface area contributed by atoms with Crippen LogP contribution in [-0.4, -0.2) is 23.0 Å². The summed E-state index contributed by atoms with van der Waals surface area (Å²) in [6.07, 6.45) is 14.1. The molecule has 182 valence electrons. The molecule has 3 aromatic rings. The topological polar surface area (TPSA) is 59.3 Å². The predicted molar refractivity (Wildman–Crippen MR) is 144 cm³/mol. The van der Waals surface area contributed by atoms with Gasteiger partial charge in [-0.25, -0.2) is 0 Å². The summed E-state index contributed by atoms with van der Waals surface area (Å²) in [4.78, 5) is 16.9. The number of hydrogen-bond donors (Lipinski definition) is 0. The van der Waals surface area contributed by atoms with E-state index in [1.807, 2.05) is 18.2 Å². The van der Waals surface area contributed by atoms with Gasteiger partial charge >= 0.3 is 5.69 Å². The van der Waals surface area contributed by atoms with Crippen molar-refractivity contribution in [3.63, 3.8) is 0 Å². The van der Waals surface area contributed by atoms with Gasteiger partial charge in [0.1, 0.15) is 0 Å². The maximum Gasteiger partial charge on any atom is 0.304 e. The van der Waals surface area contributed by atoms with Crippen molar-refractivity contribution < 1.29 is 9.31 Å². The Balaban J connectivity index is 1.61. The van der Waals surface area contributed by atoms with Gasteiger partial charge in [-0.05, 0) is 65.9 Å². The fourth-order valence-corrected chi connectivity index (χ4v) is 3.63. The molecule has 35 heavy (non-hydrogen) atoms. The van der Waals surface area contributed by atoms with Crippen LogP contribution in [0.2, 0.25) is 0 Å². The molecule has 1 heterocycles. The molecule has 0 saturated carbocycles. The standard InChI is InChI=1S/C29H32FN3O2/c1-3-5-19-32(20-6-4-2)27-16-11-23(12-17-27)7-8-25-10-15-26(31-22-25)14-9-24-13-18-29(33(34)35)28(30)21-24/h7-18,21-22H,3-6,19-20H2,1-2H3/b8-7+,14-9+. The first-order valence-electron chi connectivity index (χ1n) is 12.1. The molecule has 0 spiro atoms. The van der Waals surface area contributed by atoms with E-state index in [4.69, 9.17) is 0 Å². The third-order valence-electron chi connectivity index (χ3n) is 5.71. The number of nitrogens with zero attached hydrogens (tertiary/aromatic N) is 3. The third-order valence-corrected chi connectivity index (χ3v) is 5.71. The van der Waals surface area contributed by atoms with E-state index in [9.17, 15) is 14.5 Å². The molecule has 6 heteroatoms. The molecule has 0 N–H and O–H groups in total. The monoisotopic (exact) mass is 473 g/mol. The third kappa shape index (κ3) is 7.88. The highest BCUT2D eigenvalue weighted by atomic mass is 19.1. The van der Waals surface area contributed by atoms with Crippen molar-refractivity contribution in [2.45, 2.75) is 39.5 Å². The maximum absolute atomic E-state index is 13.8. The van der Waals surface area contributed by atoms with E-state index >= 15 is 0 Å². The number of hydrogen-bond acceptors (Lipinski definition) is 4. The van der Waals surface area contributed by atoms with Crippen molar-refractivity contribution in [2.24, 2.45) is 0 Å². The second-order valence-corrected chi connectivity index (χ2v) is 8.44. The SMILES string of the molecule is CCCCN(CCCC)c1ccc(/C=C/c2ccc(/C=C/c3ccc([N+](=O)[O-])c(F)c3)nc2)cc1. The Morgan fingerprint density at radius 2 is 1.46 bits per heavy atom. The van der Waals surface area contributed by atoms with Gasteiger partial charge in [0.2, 0.25) is 5.82 Å². The molecule has 5 nitrogen and oxygen atoms in total. The lowest BCUT2D eigenvalue weighted by atomic mass is 10.1. The molecule has 3 rings (SSSR count). The highest BCUT2D eigenvalue weighted by Gasteiger charge is 2.12. The molecule has 2 aromatic carbocycles. The number of benzene rings is 2. The zero-order valence-electron chi connectivity index (χ0n) is 20.4. The van der Waals surface area contributed by atoms with Gasteiger partial charge in [0.05, 0.1) is 10.6 Å². The average molecular weight is 474 g/mol. The van der Waals surface area contributed by atoms with Crippen molar-refractivity contribution in [3.8, 4) is 0 Å². The molecule has 0 aliphatic heterocycles. The Morgan fingerprint density at radius 1 is 0.857 bits per heavy atom. The first-order chi connectivity index (χ1) is 17.0. The van der Waals surface area contributed by atoms with Crippen LogP contribution in [0.25, 0.3) is 24.3 Å². The first-order valence-corrected chi connectivity index (χ1v) is 12.1. The number of halogens is 1. The second kappa shape index (κ2) is 13.2. The Morgan fingerprint density at radius 3 is 2.03 bits per heavy atom. The quantitative estimate of drug-likeness (QED) is 0.198. The van der Waals surface area contributed by atoms with Crippen LogP contribution in [0.15, 0.2) is 60.8 Å². The molecule has 0 radical (unpaired) electrons. The molecule has 0 fully saturated rings. The van der Waals surface area contributed by atoms with Gasteiger partial charge in [-0.15, -0.1) is 0 Å². The summed E-state index contributed by atoms with van der Waals surface area (Å²) in [5, 5.41) is 10.7. The number of rotatable bonds is 12. The van der Waals surface area contributed by atoms with Gasteiger partial charge in [0.25, 0.3) is 0 Å². The molecular formula is C29H32FN3O2. The Hall–Kier alpha value is -3.80. The van der Waals surface area contributed by atoms with E-state index in [-0.39, 0.29) is 0 Å². The molecule has 0 unspecified atom stereocenters. The number of nitro benzene ring substituents is 1. The predicted octanol–water partition coefficient (Wildman–Crippen LogP) is 7.88. The normalized spacial score (nSPS) is 11.4. The van der Waals surface area contributed by atoms with Crippen LogP contribution in [0.3, 0.4) is 0 Å². The highest BCUT2D eigenvalue weighted by Crippen LogP contribution is 2.20. The number of aromatic nitrogens is 1. The zero-order valence-corrected chi connectivity index (χ0v) is 20.4. The van der Waals surface area contributed by atoms with Crippen LogP contribution in [0, 0.1) is 15.9 Å². The van der Waals surface area contributed by atoms with E-state index in [1.165, 1.54) is 37.4 Å². The molecule has 0 atom stereocenters. The smallest absolute Gasteiger partial charge is 0.304 e. The summed E-state index contributed by atoms with van der Waals surface area (Å²) in [6, 6.07) is 16.3. The number of anilines is 1. The minimum atomic E-state index is -0.853. The summed E-state index contributed by atoms with van der Waals surface area (Å²) in [7, 11) is 0. The van der Waals surface area contributed by atoms with Gasteiger partial charge in [-0.2, -0.15) is 4.39 Å². The molecule has 0 bridgehead atoms. The molecule has 0 saturated heterocycles. The largest absolute Gasteiger partial charge is 0.372 e. The van der Waals surface area contributed by atoms with E-state index < -0.39 is 16.4 Å². The summed E-state index contributed by atoms with van der Waals surface area (Å²) in [6.45, 7) is 6.64. The van der Waals surface area contributed by atoms with Gasteiger partial charge in [0, 0.05) is 31.0 Å². The van der Waals surface area contributed by atoms with Crippen LogP contribution in [0.4, 0.5) is 15.8 Å². The first kappa shape index (κ1) is 25.8. The minimum Gasteiger partial charge on any atom is -0.372 e. The van der Waals surface area contributed by atoms with Crippen molar-refractivity contribution in [1.29, 1.82) is 0 Å². The van der Waals surface area contributed by atoms with Crippen LogP contribution in [0.5, 0.6) is 0 Å². The Kier molecular flexibility index (Phi) is 9.72. The average Bonchev–Trinajstić information content (AvgIpc) is 2.87. The fourth-order valence-electron chi connectivity index (χ4n) is 3.63. The van der Waals surface area contributed by atoms with Crippen molar-refractivity contribution in [2.75, 3.05) is 18.0 Å². The van der Waals surface area contributed by atoms with Gasteiger partial charge < -0.3 is 4.90 Å². The lowest BCUT2D eigenvalue weighted by Crippen LogP contribution is -2.25. The molecule has 0 amide bonds. The van der Waals surface area contributed by atoms with E-state index in [0.29, 0.717) is 11.3 Å². The molecule has 1 aromatic heterocycles. The molecule has 0 aliphatic rings. The number of unbranched alkanes of at least 4 members (excludes halogenated alkanes) is 2. The highest BCUT2D eigenvalue weighted by molar-refractivity contribution is 5.72. The van der Waals surface area contributed by atoms with Gasteiger partial charge in [0.15, 0.2) is 0 Å². The van der Waals surface area contributed by atoms with E-state index in [1.54, 1.807) is 18.3 Å².